The van der Waals surface area contributed by atoms with Crippen molar-refractivity contribution < 1.29 is 23.8 Å². The number of fused-ring (bicyclic) bond motifs is 5. The van der Waals surface area contributed by atoms with Gasteiger partial charge < -0.3 is 9.84 Å². The standard InChI is InChI=1S/C23H35FO4/c1-13(26)28-15-8-9-22(2)14(10-15)4-5-16-17-6-7-18(20(27)12-25)23(17,3)11-19(24)21(16)22/h14-19,21,25H,4-12H2,1-3H3/t14-,15-,16-,17-,18+,19+,21+,22-,23-/m0/s1. The van der Waals surface area contributed by atoms with Gasteiger partial charge in [0.1, 0.15) is 18.9 Å². The summed E-state index contributed by atoms with van der Waals surface area (Å²) < 4.78 is 21.3. The summed E-state index contributed by atoms with van der Waals surface area (Å²) in [5.41, 5.74) is -0.349. The Kier molecular flexibility index (Phi) is 5.13. The normalized spacial score (nSPS) is 50.2. The van der Waals surface area contributed by atoms with Crippen LogP contribution < -0.4 is 0 Å². The molecule has 0 saturated heterocycles. The van der Waals surface area contributed by atoms with E-state index in [1.807, 2.05) is 0 Å². The molecular formula is C23H35FO4. The van der Waals surface area contributed by atoms with Crippen LogP contribution in [0.2, 0.25) is 0 Å². The smallest absolute Gasteiger partial charge is 0.302 e. The predicted molar refractivity (Wildman–Crippen MR) is 103 cm³/mol. The minimum absolute atomic E-state index is 0.0166. The van der Waals surface area contributed by atoms with Crippen LogP contribution in [0.15, 0.2) is 0 Å². The highest BCUT2D eigenvalue weighted by atomic mass is 19.1. The number of aliphatic hydroxyl groups excluding tert-OH is 1. The average Bonchev–Trinajstić information content (AvgIpc) is 2.97. The molecule has 28 heavy (non-hydrogen) atoms. The van der Waals surface area contributed by atoms with Crippen LogP contribution in [-0.4, -0.2) is 35.7 Å². The van der Waals surface area contributed by atoms with Crippen molar-refractivity contribution in [1.29, 1.82) is 0 Å². The van der Waals surface area contributed by atoms with Gasteiger partial charge in [-0.05, 0) is 85.9 Å². The van der Waals surface area contributed by atoms with Gasteiger partial charge >= 0.3 is 5.97 Å². The summed E-state index contributed by atoms with van der Waals surface area (Å²) in [5.74, 6) is 0.663. The topological polar surface area (TPSA) is 63.6 Å². The second-order valence-electron chi connectivity index (χ2n) is 10.6. The van der Waals surface area contributed by atoms with Crippen molar-refractivity contribution in [1.82, 2.24) is 0 Å². The van der Waals surface area contributed by atoms with Gasteiger partial charge in [0.05, 0.1) is 0 Å². The predicted octanol–water partition coefficient (Wildman–Crippen LogP) is 4.09. The molecule has 0 spiro atoms. The van der Waals surface area contributed by atoms with E-state index in [1.165, 1.54) is 6.92 Å². The first-order chi connectivity index (χ1) is 13.2. The number of ketones is 1. The minimum Gasteiger partial charge on any atom is -0.463 e. The van der Waals surface area contributed by atoms with E-state index >= 15 is 4.39 Å². The van der Waals surface area contributed by atoms with Crippen LogP contribution in [0.5, 0.6) is 0 Å². The van der Waals surface area contributed by atoms with E-state index in [4.69, 9.17) is 4.74 Å². The molecular weight excluding hydrogens is 359 g/mol. The third kappa shape index (κ3) is 2.95. The van der Waals surface area contributed by atoms with Gasteiger partial charge in [-0.25, -0.2) is 4.39 Å². The van der Waals surface area contributed by atoms with Crippen LogP contribution in [0.1, 0.15) is 72.1 Å². The van der Waals surface area contributed by atoms with Crippen molar-refractivity contribution in [2.24, 2.45) is 40.4 Å². The maximum Gasteiger partial charge on any atom is 0.302 e. The molecule has 4 aliphatic carbocycles. The number of alkyl halides is 1. The molecule has 4 rings (SSSR count). The molecule has 0 heterocycles. The fraction of sp³-hybridized carbons (Fsp3) is 0.913. The number of Topliss-reactive ketones (excluding diaryl/α,β-unsaturated/α-hetero) is 1. The lowest BCUT2D eigenvalue weighted by Gasteiger charge is -2.61. The number of halogens is 1. The fourth-order valence-electron chi connectivity index (χ4n) is 8.25. The zero-order chi connectivity index (χ0) is 20.3. The van der Waals surface area contributed by atoms with Crippen molar-refractivity contribution in [2.75, 3.05) is 6.61 Å². The second-order valence-corrected chi connectivity index (χ2v) is 10.6. The van der Waals surface area contributed by atoms with Crippen molar-refractivity contribution >= 4 is 11.8 Å². The summed E-state index contributed by atoms with van der Waals surface area (Å²) in [5, 5.41) is 9.40. The van der Waals surface area contributed by atoms with E-state index in [0.717, 1.165) is 44.9 Å². The summed E-state index contributed by atoms with van der Waals surface area (Å²) in [6, 6.07) is 0. The van der Waals surface area contributed by atoms with Gasteiger partial charge in [0.15, 0.2) is 5.78 Å². The summed E-state index contributed by atoms with van der Waals surface area (Å²) >= 11 is 0. The van der Waals surface area contributed by atoms with E-state index in [9.17, 15) is 14.7 Å². The van der Waals surface area contributed by atoms with Crippen LogP contribution in [0.25, 0.3) is 0 Å². The maximum atomic E-state index is 15.8. The highest BCUT2D eigenvalue weighted by molar-refractivity contribution is 5.83. The second kappa shape index (κ2) is 7.07. The minimum atomic E-state index is -0.892. The number of carbonyl (C=O) groups is 2. The van der Waals surface area contributed by atoms with E-state index in [-0.39, 0.29) is 40.5 Å². The van der Waals surface area contributed by atoms with E-state index in [0.29, 0.717) is 24.2 Å². The molecule has 4 aliphatic rings. The van der Waals surface area contributed by atoms with E-state index < -0.39 is 12.8 Å². The molecule has 158 valence electrons. The highest BCUT2D eigenvalue weighted by Gasteiger charge is 2.64. The number of hydrogen-bond acceptors (Lipinski definition) is 4. The number of esters is 1. The highest BCUT2D eigenvalue weighted by Crippen LogP contribution is 2.68. The number of hydrogen-bond donors (Lipinski definition) is 1. The van der Waals surface area contributed by atoms with Crippen molar-refractivity contribution in [3.63, 3.8) is 0 Å². The molecule has 0 aromatic heterocycles. The quantitative estimate of drug-likeness (QED) is 0.733. The number of rotatable bonds is 3. The zero-order valence-corrected chi connectivity index (χ0v) is 17.5. The Morgan fingerprint density at radius 2 is 1.86 bits per heavy atom. The van der Waals surface area contributed by atoms with Crippen molar-refractivity contribution in [3.8, 4) is 0 Å². The maximum absolute atomic E-state index is 15.8. The average molecular weight is 395 g/mol. The molecule has 1 N–H and O–H groups in total. The van der Waals surface area contributed by atoms with Gasteiger partial charge in [-0.1, -0.05) is 13.8 Å². The molecule has 0 amide bonds. The number of ether oxygens (including phenoxy) is 1. The summed E-state index contributed by atoms with van der Waals surface area (Å²) in [7, 11) is 0. The molecule has 0 radical (unpaired) electrons. The first-order valence-corrected chi connectivity index (χ1v) is 11.2. The first-order valence-electron chi connectivity index (χ1n) is 11.2. The Labute approximate surface area is 167 Å². The molecule has 4 fully saturated rings. The van der Waals surface area contributed by atoms with Crippen LogP contribution in [0.4, 0.5) is 4.39 Å². The Balaban J connectivity index is 1.58. The van der Waals surface area contributed by atoms with Gasteiger partial charge in [-0.3, -0.25) is 9.59 Å². The Bertz CT molecular complexity index is 651. The lowest BCUT2D eigenvalue weighted by molar-refractivity contribution is -0.173. The first kappa shape index (κ1) is 20.3. The lowest BCUT2D eigenvalue weighted by Crippen LogP contribution is -2.58. The largest absolute Gasteiger partial charge is 0.463 e. The SMILES string of the molecule is CC(=O)O[C@H]1CC[C@@]2(C)[C@@H](CC[C@@H]3[C@@H]2[C@H](F)C[C@]2(C)[C@@H](C(=O)CO)CC[C@@H]32)C1. The number of aliphatic hydroxyl groups is 1. The van der Waals surface area contributed by atoms with Crippen molar-refractivity contribution in [2.45, 2.75) is 84.4 Å². The Morgan fingerprint density at radius 3 is 2.54 bits per heavy atom. The molecule has 0 unspecified atom stereocenters. The monoisotopic (exact) mass is 394 g/mol. The molecule has 0 aromatic carbocycles. The van der Waals surface area contributed by atoms with Crippen LogP contribution in [0.3, 0.4) is 0 Å². The van der Waals surface area contributed by atoms with Crippen LogP contribution in [-0.2, 0) is 14.3 Å². The molecule has 0 aliphatic heterocycles. The third-order valence-electron chi connectivity index (χ3n) is 9.38. The van der Waals surface area contributed by atoms with Gasteiger partial charge in [0.25, 0.3) is 0 Å². The van der Waals surface area contributed by atoms with Gasteiger partial charge in [-0.15, -0.1) is 0 Å². The molecule has 4 nitrogen and oxygen atoms in total. The Morgan fingerprint density at radius 1 is 1.11 bits per heavy atom. The van der Waals surface area contributed by atoms with Gasteiger partial charge in [0, 0.05) is 12.8 Å². The summed E-state index contributed by atoms with van der Waals surface area (Å²) in [6.45, 7) is 5.43. The van der Waals surface area contributed by atoms with Crippen LogP contribution >= 0.6 is 0 Å². The molecule has 4 saturated carbocycles. The molecule has 0 aromatic rings. The zero-order valence-electron chi connectivity index (χ0n) is 17.5. The molecule has 0 bridgehead atoms. The molecule has 5 heteroatoms. The van der Waals surface area contributed by atoms with Gasteiger partial charge in [-0.2, -0.15) is 0 Å². The number of carbonyl (C=O) groups excluding carboxylic acids is 2. The van der Waals surface area contributed by atoms with Crippen molar-refractivity contribution in [3.05, 3.63) is 0 Å². The van der Waals surface area contributed by atoms with Gasteiger partial charge in [0.2, 0.25) is 0 Å². The summed E-state index contributed by atoms with van der Waals surface area (Å²) in [4.78, 5) is 23.7. The van der Waals surface area contributed by atoms with Crippen LogP contribution in [0, 0.1) is 40.4 Å². The summed E-state index contributed by atoms with van der Waals surface area (Å²) in [6.07, 6.45) is 6.00. The molecule has 9 atom stereocenters. The van der Waals surface area contributed by atoms with E-state index in [2.05, 4.69) is 13.8 Å². The fourth-order valence-corrected chi connectivity index (χ4v) is 8.25. The Hall–Kier alpha value is -0.970. The third-order valence-corrected chi connectivity index (χ3v) is 9.38. The lowest BCUT2D eigenvalue weighted by atomic mass is 9.44. The van der Waals surface area contributed by atoms with E-state index in [1.54, 1.807) is 0 Å².